The molecule has 0 aliphatic rings. The Morgan fingerprint density at radius 3 is 2.67 bits per heavy atom. The molecule has 0 radical (unpaired) electrons. The van der Waals surface area contributed by atoms with E-state index in [1.807, 2.05) is 19.9 Å². The Hall–Kier alpha value is -1.23. The minimum Gasteiger partial charge on any atom is -0.446 e. The van der Waals surface area contributed by atoms with Crippen molar-refractivity contribution >= 4 is 21.7 Å². The molecule has 0 fully saturated rings. The molecule has 0 aliphatic carbocycles. The van der Waals surface area contributed by atoms with Crippen LogP contribution in [0.3, 0.4) is 0 Å². The van der Waals surface area contributed by atoms with Crippen molar-refractivity contribution in [2.24, 2.45) is 0 Å². The molecule has 0 atom stereocenters. The van der Waals surface area contributed by atoms with Crippen LogP contribution >= 0.6 is 15.9 Å². The summed E-state index contributed by atoms with van der Waals surface area (Å²) in [6, 6.07) is 3.62. The highest BCUT2D eigenvalue weighted by Gasteiger charge is 2.20. The average Bonchev–Trinajstić information content (AvgIpc) is 2.71. The molecule has 2 aromatic rings. The van der Waals surface area contributed by atoms with Gasteiger partial charge in [0, 0.05) is 5.56 Å². The molecule has 2 aromatic heterocycles. The number of rotatable bonds is 2. The van der Waals surface area contributed by atoms with E-state index in [-0.39, 0.29) is 5.92 Å². The van der Waals surface area contributed by atoms with Gasteiger partial charge in [0.15, 0.2) is 16.2 Å². The molecule has 0 saturated heterocycles. The van der Waals surface area contributed by atoms with Gasteiger partial charge in [-0.2, -0.15) is 0 Å². The predicted molar refractivity (Wildman–Crippen MR) is 60.4 cm³/mol. The number of nitrogens with zero attached hydrogens (tertiary/aromatic N) is 1. The molecule has 0 aromatic carbocycles. The predicted octanol–water partition coefficient (Wildman–Crippen LogP) is 3.40. The van der Waals surface area contributed by atoms with Gasteiger partial charge in [0.2, 0.25) is 5.76 Å². The Labute approximate surface area is 95.6 Å². The van der Waals surface area contributed by atoms with Crippen LogP contribution in [0.2, 0.25) is 0 Å². The fraction of sp³-hybridized carbons (Fsp3) is 0.300. The normalized spacial score (nSPS) is 11.2. The molecule has 15 heavy (non-hydrogen) atoms. The molecule has 2 rings (SSSR count). The van der Waals surface area contributed by atoms with Crippen molar-refractivity contribution < 1.29 is 8.94 Å². The van der Waals surface area contributed by atoms with Crippen molar-refractivity contribution in [3.05, 3.63) is 22.4 Å². The molecule has 2 N–H and O–H groups in total. The van der Waals surface area contributed by atoms with Gasteiger partial charge in [-0.15, -0.1) is 0 Å². The molecule has 0 bridgehead atoms. The van der Waals surface area contributed by atoms with Gasteiger partial charge in [-0.3, -0.25) is 0 Å². The van der Waals surface area contributed by atoms with Crippen molar-refractivity contribution in [1.82, 2.24) is 5.16 Å². The van der Waals surface area contributed by atoms with Crippen LogP contribution in [0.25, 0.3) is 11.5 Å². The Morgan fingerprint density at radius 1 is 1.40 bits per heavy atom. The van der Waals surface area contributed by atoms with Crippen LogP contribution in [-0.2, 0) is 0 Å². The smallest absolute Gasteiger partial charge is 0.207 e. The van der Waals surface area contributed by atoms with Gasteiger partial charge in [0.1, 0.15) is 0 Å². The zero-order valence-electron chi connectivity index (χ0n) is 8.45. The first-order valence-corrected chi connectivity index (χ1v) is 5.39. The topological polar surface area (TPSA) is 65.2 Å². The fourth-order valence-corrected chi connectivity index (χ4v) is 1.79. The standard InChI is InChI=1S/C10H11BrN2O2/c1-5(2)8-9(15-13-10(8)12)6-3-4-7(11)14-6/h3-5H,1-2H3,(H2,12,13). The van der Waals surface area contributed by atoms with E-state index in [2.05, 4.69) is 21.1 Å². The lowest BCUT2D eigenvalue weighted by atomic mass is 10.0. The number of nitrogens with two attached hydrogens (primary N) is 1. The maximum absolute atomic E-state index is 5.73. The number of furan rings is 1. The van der Waals surface area contributed by atoms with Crippen LogP contribution in [0.15, 0.2) is 25.7 Å². The van der Waals surface area contributed by atoms with E-state index >= 15 is 0 Å². The molecular weight excluding hydrogens is 260 g/mol. The molecule has 0 aliphatic heterocycles. The van der Waals surface area contributed by atoms with Crippen molar-refractivity contribution in [2.45, 2.75) is 19.8 Å². The van der Waals surface area contributed by atoms with Crippen LogP contribution in [0.1, 0.15) is 25.3 Å². The lowest BCUT2D eigenvalue weighted by molar-refractivity contribution is 0.417. The Morgan fingerprint density at radius 2 is 2.13 bits per heavy atom. The van der Waals surface area contributed by atoms with Crippen LogP contribution < -0.4 is 5.73 Å². The molecule has 2 heterocycles. The Kier molecular flexibility index (Phi) is 2.56. The highest BCUT2D eigenvalue weighted by Crippen LogP contribution is 2.34. The average molecular weight is 271 g/mol. The first kappa shape index (κ1) is 10.3. The first-order chi connectivity index (χ1) is 7.09. The molecule has 0 saturated carbocycles. The molecule has 0 spiro atoms. The summed E-state index contributed by atoms with van der Waals surface area (Å²) in [5.41, 5.74) is 6.61. The third-order valence-corrected chi connectivity index (χ3v) is 2.56. The number of aromatic nitrogens is 1. The Bertz CT molecular complexity index is 473. The van der Waals surface area contributed by atoms with Crippen molar-refractivity contribution in [2.75, 3.05) is 5.73 Å². The summed E-state index contributed by atoms with van der Waals surface area (Å²) < 4.78 is 11.2. The quantitative estimate of drug-likeness (QED) is 0.909. The van der Waals surface area contributed by atoms with E-state index in [0.29, 0.717) is 22.0 Å². The summed E-state index contributed by atoms with van der Waals surface area (Å²) in [6.07, 6.45) is 0. The number of halogens is 1. The van der Waals surface area contributed by atoms with Gasteiger partial charge in [-0.25, -0.2) is 0 Å². The zero-order chi connectivity index (χ0) is 11.0. The van der Waals surface area contributed by atoms with Crippen molar-refractivity contribution in [3.8, 4) is 11.5 Å². The van der Waals surface area contributed by atoms with Crippen LogP contribution in [-0.4, -0.2) is 5.16 Å². The van der Waals surface area contributed by atoms with E-state index in [4.69, 9.17) is 14.7 Å². The van der Waals surface area contributed by atoms with E-state index in [1.165, 1.54) is 0 Å². The highest BCUT2D eigenvalue weighted by atomic mass is 79.9. The van der Waals surface area contributed by atoms with Gasteiger partial charge in [0.25, 0.3) is 0 Å². The van der Waals surface area contributed by atoms with Gasteiger partial charge in [0.05, 0.1) is 0 Å². The summed E-state index contributed by atoms with van der Waals surface area (Å²) in [5, 5.41) is 3.75. The van der Waals surface area contributed by atoms with Gasteiger partial charge in [-0.1, -0.05) is 19.0 Å². The number of hydrogen-bond acceptors (Lipinski definition) is 4. The Balaban J connectivity index is 2.53. The van der Waals surface area contributed by atoms with E-state index in [1.54, 1.807) is 6.07 Å². The SMILES string of the molecule is CC(C)c1c(N)noc1-c1ccc(Br)o1. The molecule has 5 heteroatoms. The monoisotopic (exact) mass is 270 g/mol. The summed E-state index contributed by atoms with van der Waals surface area (Å²) in [7, 11) is 0. The third-order valence-electron chi connectivity index (χ3n) is 2.13. The summed E-state index contributed by atoms with van der Waals surface area (Å²) >= 11 is 3.24. The number of nitrogen functional groups attached to an aromatic ring is 1. The second-order valence-electron chi connectivity index (χ2n) is 3.57. The lowest BCUT2D eigenvalue weighted by Gasteiger charge is -2.02. The zero-order valence-corrected chi connectivity index (χ0v) is 10.0. The maximum atomic E-state index is 5.73. The maximum Gasteiger partial charge on any atom is 0.207 e. The second-order valence-corrected chi connectivity index (χ2v) is 4.35. The van der Waals surface area contributed by atoms with Gasteiger partial charge < -0.3 is 14.7 Å². The van der Waals surface area contributed by atoms with Crippen LogP contribution in [0.5, 0.6) is 0 Å². The number of anilines is 1. The van der Waals surface area contributed by atoms with Crippen molar-refractivity contribution in [1.29, 1.82) is 0 Å². The molecule has 0 amide bonds. The van der Waals surface area contributed by atoms with Gasteiger partial charge in [-0.05, 0) is 34.0 Å². The molecule has 0 unspecified atom stereocenters. The third kappa shape index (κ3) is 1.79. The molecule has 4 nitrogen and oxygen atoms in total. The molecular formula is C10H11BrN2O2. The summed E-state index contributed by atoms with van der Waals surface area (Å²) in [4.78, 5) is 0. The summed E-state index contributed by atoms with van der Waals surface area (Å²) in [6.45, 7) is 4.06. The van der Waals surface area contributed by atoms with E-state index in [0.717, 1.165) is 5.56 Å². The lowest BCUT2D eigenvalue weighted by Crippen LogP contribution is -1.94. The largest absolute Gasteiger partial charge is 0.446 e. The number of hydrogen-bond donors (Lipinski definition) is 1. The van der Waals surface area contributed by atoms with E-state index < -0.39 is 0 Å². The minimum absolute atomic E-state index is 0.245. The molecule has 80 valence electrons. The van der Waals surface area contributed by atoms with Crippen LogP contribution in [0, 0.1) is 0 Å². The highest BCUT2D eigenvalue weighted by molar-refractivity contribution is 9.10. The fourth-order valence-electron chi connectivity index (χ4n) is 1.48. The van der Waals surface area contributed by atoms with Crippen molar-refractivity contribution in [3.63, 3.8) is 0 Å². The summed E-state index contributed by atoms with van der Waals surface area (Å²) in [5.74, 6) is 1.91. The minimum atomic E-state index is 0.245. The van der Waals surface area contributed by atoms with Crippen LogP contribution in [0.4, 0.5) is 5.82 Å². The van der Waals surface area contributed by atoms with E-state index in [9.17, 15) is 0 Å². The first-order valence-electron chi connectivity index (χ1n) is 4.60. The van der Waals surface area contributed by atoms with Gasteiger partial charge >= 0.3 is 0 Å². The second kappa shape index (κ2) is 3.73.